The van der Waals surface area contributed by atoms with Gasteiger partial charge in [0.2, 0.25) is 5.95 Å². The number of rotatable bonds is 3. The van der Waals surface area contributed by atoms with Crippen LogP contribution in [0.4, 0.5) is 5.95 Å². The third-order valence-corrected chi connectivity index (χ3v) is 5.61. The first-order valence-corrected chi connectivity index (χ1v) is 9.73. The molecular formula is C22H20ClN5. The zero-order chi connectivity index (χ0) is 19.1. The monoisotopic (exact) mass is 389 g/mol. The van der Waals surface area contributed by atoms with Crippen LogP contribution in [0.1, 0.15) is 16.8 Å². The zero-order valence-electron chi connectivity index (χ0n) is 15.3. The van der Waals surface area contributed by atoms with Crippen molar-refractivity contribution in [3.05, 3.63) is 76.6 Å². The third kappa shape index (κ3) is 3.13. The summed E-state index contributed by atoms with van der Waals surface area (Å²) in [5, 5.41) is 2.00. The number of nitrogens with one attached hydrogen (secondary N) is 1. The molecule has 0 amide bonds. The minimum atomic E-state index is 0.355. The van der Waals surface area contributed by atoms with Crippen molar-refractivity contribution in [1.82, 2.24) is 19.9 Å². The van der Waals surface area contributed by atoms with Crippen molar-refractivity contribution in [1.29, 1.82) is 0 Å². The fraction of sp³-hybridized carbons (Fsp3) is 0.182. The highest BCUT2D eigenvalue weighted by atomic mass is 35.5. The van der Waals surface area contributed by atoms with Crippen LogP contribution >= 0.6 is 11.6 Å². The summed E-state index contributed by atoms with van der Waals surface area (Å²) >= 11 is 6.09. The number of anilines is 1. The Kier molecular flexibility index (Phi) is 4.26. The van der Waals surface area contributed by atoms with Crippen LogP contribution in [0.5, 0.6) is 0 Å². The van der Waals surface area contributed by atoms with Gasteiger partial charge in [0, 0.05) is 53.7 Å². The van der Waals surface area contributed by atoms with E-state index in [-0.39, 0.29) is 0 Å². The molecule has 1 aliphatic rings. The number of nitrogens with two attached hydrogens (primary N) is 1. The van der Waals surface area contributed by atoms with Crippen molar-refractivity contribution in [3.63, 3.8) is 0 Å². The van der Waals surface area contributed by atoms with Crippen LogP contribution in [0.25, 0.3) is 22.2 Å². The second-order valence-corrected chi connectivity index (χ2v) is 7.63. The van der Waals surface area contributed by atoms with E-state index in [4.69, 9.17) is 17.3 Å². The Balaban J connectivity index is 1.52. The Labute approximate surface area is 168 Å². The largest absolute Gasteiger partial charge is 0.368 e. The number of halogens is 1. The molecule has 6 heteroatoms. The first-order valence-electron chi connectivity index (χ1n) is 9.35. The van der Waals surface area contributed by atoms with E-state index < -0.39 is 0 Å². The fourth-order valence-electron chi connectivity index (χ4n) is 3.98. The molecule has 0 unspecified atom stereocenters. The topological polar surface area (TPSA) is 70.8 Å². The van der Waals surface area contributed by atoms with Crippen LogP contribution in [0.2, 0.25) is 5.02 Å². The second kappa shape index (κ2) is 6.93. The molecule has 3 N–H and O–H groups in total. The van der Waals surface area contributed by atoms with E-state index in [2.05, 4.69) is 56.3 Å². The molecule has 0 aliphatic carbocycles. The lowest BCUT2D eigenvalue weighted by molar-refractivity contribution is 0.244. The Hall–Kier alpha value is -2.89. The Morgan fingerprint density at radius 1 is 1.11 bits per heavy atom. The maximum atomic E-state index is 6.09. The minimum Gasteiger partial charge on any atom is -0.368 e. The number of aromatic amines is 1. The summed E-state index contributed by atoms with van der Waals surface area (Å²) in [6.07, 6.45) is 2.75. The number of para-hydroxylation sites is 1. The van der Waals surface area contributed by atoms with Gasteiger partial charge in [-0.25, -0.2) is 9.97 Å². The van der Waals surface area contributed by atoms with E-state index in [1.165, 1.54) is 10.9 Å². The van der Waals surface area contributed by atoms with Gasteiger partial charge in [-0.2, -0.15) is 0 Å². The number of nitrogen functional groups attached to an aromatic ring is 1. The predicted molar refractivity (Wildman–Crippen MR) is 113 cm³/mol. The Morgan fingerprint density at radius 3 is 2.79 bits per heavy atom. The van der Waals surface area contributed by atoms with Crippen molar-refractivity contribution in [2.24, 2.45) is 0 Å². The smallest absolute Gasteiger partial charge is 0.220 e. The summed E-state index contributed by atoms with van der Waals surface area (Å²) in [5.74, 6) is 0.355. The van der Waals surface area contributed by atoms with E-state index in [9.17, 15) is 0 Å². The standard InChI is InChI=1S/C22H20ClN5/c23-16-7-5-14(6-8-16)21-18(17-3-1-2-4-20(17)26-21)13-28-10-9-19-15(12-28)11-25-22(24)27-19/h1-8,11,26H,9-10,12-13H2,(H2,24,25,27). The second-order valence-electron chi connectivity index (χ2n) is 7.19. The van der Waals surface area contributed by atoms with Crippen molar-refractivity contribution in [3.8, 4) is 11.3 Å². The molecule has 1 aliphatic heterocycles. The van der Waals surface area contributed by atoms with Gasteiger partial charge in [0.1, 0.15) is 0 Å². The highest BCUT2D eigenvalue weighted by Gasteiger charge is 2.21. The average molecular weight is 390 g/mol. The first kappa shape index (κ1) is 17.2. The molecule has 4 aromatic rings. The number of benzene rings is 2. The molecule has 0 atom stereocenters. The van der Waals surface area contributed by atoms with Gasteiger partial charge in [0.25, 0.3) is 0 Å². The quantitative estimate of drug-likeness (QED) is 0.544. The minimum absolute atomic E-state index is 0.355. The number of aromatic nitrogens is 3. The highest BCUT2D eigenvalue weighted by Crippen LogP contribution is 2.33. The van der Waals surface area contributed by atoms with Gasteiger partial charge in [-0.1, -0.05) is 41.9 Å². The number of hydrogen-bond acceptors (Lipinski definition) is 4. The van der Waals surface area contributed by atoms with E-state index >= 15 is 0 Å². The normalized spacial score (nSPS) is 14.3. The Morgan fingerprint density at radius 2 is 1.93 bits per heavy atom. The van der Waals surface area contributed by atoms with E-state index in [1.54, 1.807) is 0 Å². The van der Waals surface area contributed by atoms with Crippen LogP contribution in [0.15, 0.2) is 54.7 Å². The number of hydrogen-bond donors (Lipinski definition) is 2. The van der Waals surface area contributed by atoms with E-state index in [1.807, 2.05) is 18.3 Å². The summed E-state index contributed by atoms with van der Waals surface area (Å²) in [4.78, 5) is 14.6. The summed E-state index contributed by atoms with van der Waals surface area (Å²) in [6, 6.07) is 16.5. The maximum absolute atomic E-state index is 6.09. The molecule has 28 heavy (non-hydrogen) atoms. The molecule has 0 fully saturated rings. The average Bonchev–Trinajstić information content (AvgIpc) is 3.07. The van der Waals surface area contributed by atoms with Crippen LogP contribution in [0, 0.1) is 0 Å². The van der Waals surface area contributed by atoms with Gasteiger partial charge < -0.3 is 10.7 Å². The summed E-state index contributed by atoms with van der Waals surface area (Å²) < 4.78 is 0. The SMILES string of the molecule is Nc1ncc2c(n1)CCN(Cc1c(-c3ccc(Cl)cc3)[nH]c3ccccc13)C2. The molecule has 0 spiro atoms. The van der Waals surface area contributed by atoms with Crippen molar-refractivity contribution in [2.75, 3.05) is 12.3 Å². The highest BCUT2D eigenvalue weighted by molar-refractivity contribution is 6.30. The molecule has 0 bridgehead atoms. The van der Waals surface area contributed by atoms with Gasteiger partial charge in [-0.05, 0) is 29.3 Å². The zero-order valence-corrected chi connectivity index (χ0v) is 16.1. The molecule has 3 heterocycles. The molecule has 140 valence electrons. The number of H-pyrrole nitrogens is 1. The Bertz CT molecular complexity index is 1150. The molecule has 5 rings (SSSR count). The molecule has 0 saturated carbocycles. The molecule has 0 radical (unpaired) electrons. The van der Waals surface area contributed by atoms with Crippen LogP contribution in [0.3, 0.4) is 0 Å². The third-order valence-electron chi connectivity index (χ3n) is 5.36. The predicted octanol–water partition coefficient (Wildman–Crippen LogP) is 4.42. The molecule has 0 saturated heterocycles. The van der Waals surface area contributed by atoms with Crippen molar-refractivity contribution < 1.29 is 0 Å². The lowest BCUT2D eigenvalue weighted by Crippen LogP contribution is -2.31. The lowest BCUT2D eigenvalue weighted by Gasteiger charge is -2.28. The van der Waals surface area contributed by atoms with Gasteiger partial charge in [-0.15, -0.1) is 0 Å². The maximum Gasteiger partial charge on any atom is 0.220 e. The van der Waals surface area contributed by atoms with Crippen molar-refractivity contribution in [2.45, 2.75) is 19.5 Å². The molecule has 2 aromatic heterocycles. The lowest BCUT2D eigenvalue weighted by atomic mass is 10.0. The van der Waals surface area contributed by atoms with E-state index in [0.717, 1.165) is 59.1 Å². The molecule has 5 nitrogen and oxygen atoms in total. The fourth-order valence-corrected chi connectivity index (χ4v) is 4.10. The van der Waals surface area contributed by atoms with Gasteiger partial charge in [0.15, 0.2) is 0 Å². The van der Waals surface area contributed by atoms with Crippen LogP contribution in [-0.4, -0.2) is 26.4 Å². The number of fused-ring (bicyclic) bond motifs is 2. The molecular weight excluding hydrogens is 370 g/mol. The van der Waals surface area contributed by atoms with Crippen LogP contribution < -0.4 is 5.73 Å². The van der Waals surface area contributed by atoms with Gasteiger partial charge in [-0.3, -0.25) is 4.90 Å². The van der Waals surface area contributed by atoms with Crippen molar-refractivity contribution >= 4 is 28.5 Å². The first-order chi connectivity index (χ1) is 13.7. The van der Waals surface area contributed by atoms with Gasteiger partial charge in [0.05, 0.1) is 11.4 Å². The summed E-state index contributed by atoms with van der Waals surface area (Å²) in [7, 11) is 0. The van der Waals surface area contributed by atoms with Gasteiger partial charge >= 0.3 is 0 Å². The summed E-state index contributed by atoms with van der Waals surface area (Å²) in [5.41, 5.74) is 12.7. The van der Waals surface area contributed by atoms with Crippen LogP contribution in [-0.2, 0) is 19.5 Å². The molecule has 2 aromatic carbocycles. The summed E-state index contributed by atoms with van der Waals surface area (Å²) in [6.45, 7) is 2.63. The van der Waals surface area contributed by atoms with E-state index in [0.29, 0.717) is 5.95 Å². The number of nitrogens with zero attached hydrogens (tertiary/aromatic N) is 3.